The van der Waals surface area contributed by atoms with Gasteiger partial charge in [-0.15, -0.1) is 10.2 Å². The van der Waals surface area contributed by atoms with Gasteiger partial charge in [-0.1, -0.05) is 0 Å². The lowest BCUT2D eigenvalue weighted by Crippen LogP contribution is -2.15. The zero-order chi connectivity index (χ0) is 20.2. The molecule has 1 saturated carbocycles. The summed E-state index contributed by atoms with van der Waals surface area (Å²) in [4.78, 5) is 25.2. The second-order valence-corrected chi connectivity index (χ2v) is 6.83. The summed E-state index contributed by atoms with van der Waals surface area (Å²) in [6, 6.07) is 7.70. The summed E-state index contributed by atoms with van der Waals surface area (Å²) < 4.78 is 2.07. The largest absolute Gasteiger partial charge is 0.310 e. The Morgan fingerprint density at radius 1 is 1.24 bits per heavy atom. The van der Waals surface area contributed by atoms with Gasteiger partial charge in [0.05, 0.1) is 0 Å². The number of anilines is 1. The minimum atomic E-state index is -0.327. The number of aliphatic imine (C=N–C) groups is 1. The summed E-state index contributed by atoms with van der Waals surface area (Å²) in [6.45, 7) is 3.79. The smallest absolute Gasteiger partial charge is 0.275 e. The van der Waals surface area contributed by atoms with Gasteiger partial charge in [0.1, 0.15) is 17.8 Å². The zero-order valence-corrected chi connectivity index (χ0v) is 16.3. The van der Waals surface area contributed by atoms with E-state index in [0.29, 0.717) is 17.6 Å². The maximum atomic E-state index is 12.7. The van der Waals surface area contributed by atoms with Crippen LogP contribution in [0.4, 0.5) is 5.82 Å². The van der Waals surface area contributed by atoms with Crippen molar-refractivity contribution in [3.8, 4) is 11.4 Å². The number of amides is 1. The molecule has 8 nitrogen and oxygen atoms in total. The number of rotatable bonds is 6. The second-order valence-electron chi connectivity index (χ2n) is 6.83. The average Bonchev–Trinajstić information content (AvgIpc) is 3.48. The lowest BCUT2D eigenvalue weighted by atomic mass is 10.1. The summed E-state index contributed by atoms with van der Waals surface area (Å²) in [5.74, 6) is 0.891. The summed E-state index contributed by atoms with van der Waals surface area (Å²) >= 11 is 0. The van der Waals surface area contributed by atoms with Crippen molar-refractivity contribution in [2.75, 3.05) is 5.32 Å². The molecule has 3 heterocycles. The van der Waals surface area contributed by atoms with E-state index in [0.717, 1.165) is 35.4 Å². The van der Waals surface area contributed by atoms with Crippen LogP contribution in [0.25, 0.3) is 17.0 Å². The Bertz CT molecular complexity index is 1100. The summed E-state index contributed by atoms with van der Waals surface area (Å²) in [5.41, 5.74) is 3.00. The SMILES string of the molecule is CC=N/C=C(\C)c1ccnc(C(=O)Nc2cc(-c3nncn3C3CC3)ccn2)c1. The van der Waals surface area contributed by atoms with Gasteiger partial charge in [-0.05, 0) is 62.1 Å². The van der Waals surface area contributed by atoms with Crippen molar-refractivity contribution >= 4 is 23.5 Å². The molecule has 146 valence electrons. The molecule has 0 saturated heterocycles. The summed E-state index contributed by atoms with van der Waals surface area (Å²) in [7, 11) is 0. The van der Waals surface area contributed by atoms with Gasteiger partial charge >= 0.3 is 0 Å². The number of pyridine rings is 2. The van der Waals surface area contributed by atoms with E-state index in [9.17, 15) is 4.79 Å². The lowest BCUT2D eigenvalue weighted by Gasteiger charge is -2.08. The molecule has 0 spiro atoms. The van der Waals surface area contributed by atoms with Gasteiger partial charge in [0.2, 0.25) is 0 Å². The van der Waals surface area contributed by atoms with E-state index in [4.69, 9.17) is 0 Å². The zero-order valence-electron chi connectivity index (χ0n) is 16.3. The first-order valence-electron chi connectivity index (χ1n) is 9.44. The van der Waals surface area contributed by atoms with Crippen LogP contribution in [0.2, 0.25) is 0 Å². The van der Waals surface area contributed by atoms with Gasteiger partial charge in [0, 0.05) is 36.4 Å². The van der Waals surface area contributed by atoms with Gasteiger partial charge in [0.25, 0.3) is 5.91 Å². The molecule has 4 rings (SSSR count). The molecule has 0 unspecified atom stereocenters. The lowest BCUT2D eigenvalue weighted by molar-refractivity contribution is 0.102. The molecule has 1 fully saturated rings. The van der Waals surface area contributed by atoms with Crippen LogP contribution in [-0.2, 0) is 0 Å². The Balaban J connectivity index is 1.54. The normalized spacial score (nSPS) is 14.3. The molecule has 0 atom stereocenters. The number of hydrogen-bond donors (Lipinski definition) is 1. The molecular formula is C21H21N7O. The fourth-order valence-corrected chi connectivity index (χ4v) is 2.95. The van der Waals surface area contributed by atoms with Crippen LogP contribution in [0.3, 0.4) is 0 Å². The number of carbonyl (C=O) groups is 1. The predicted molar refractivity (Wildman–Crippen MR) is 112 cm³/mol. The van der Waals surface area contributed by atoms with Gasteiger partial charge < -0.3 is 9.88 Å². The van der Waals surface area contributed by atoms with Gasteiger partial charge in [0.15, 0.2) is 5.82 Å². The van der Waals surface area contributed by atoms with E-state index in [1.165, 1.54) is 0 Å². The van der Waals surface area contributed by atoms with E-state index in [2.05, 4.69) is 35.0 Å². The predicted octanol–water partition coefficient (Wildman–Crippen LogP) is 3.77. The molecule has 1 aliphatic rings. The van der Waals surface area contributed by atoms with Crippen molar-refractivity contribution in [1.82, 2.24) is 24.7 Å². The van der Waals surface area contributed by atoms with Crippen molar-refractivity contribution in [3.05, 3.63) is 60.4 Å². The first-order valence-corrected chi connectivity index (χ1v) is 9.44. The van der Waals surface area contributed by atoms with Crippen LogP contribution in [0.5, 0.6) is 0 Å². The first kappa shape index (κ1) is 18.7. The van der Waals surface area contributed by atoms with E-state index in [1.54, 1.807) is 43.3 Å². The number of aromatic nitrogens is 5. The van der Waals surface area contributed by atoms with Crippen molar-refractivity contribution in [1.29, 1.82) is 0 Å². The number of hydrogen-bond acceptors (Lipinski definition) is 6. The monoisotopic (exact) mass is 387 g/mol. The molecule has 0 aromatic carbocycles. The molecule has 1 amide bonds. The molecule has 0 radical (unpaired) electrons. The molecule has 8 heteroatoms. The minimum Gasteiger partial charge on any atom is -0.310 e. The van der Waals surface area contributed by atoms with E-state index in [-0.39, 0.29) is 5.91 Å². The Morgan fingerprint density at radius 3 is 2.86 bits per heavy atom. The molecule has 0 aliphatic heterocycles. The Hall–Kier alpha value is -3.68. The third-order valence-corrected chi connectivity index (χ3v) is 4.64. The fourth-order valence-electron chi connectivity index (χ4n) is 2.95. The minimum absolute atomic E-state index is 0.309. The maximum Gasteiger partial charge on any atom is 0.275 e. The van der Waals surface area contributed by atoms with Crippen LogP contribution in [0.1, 0.15) is 48.8 Å². The van der Waals surface area contributed by atoms with Crippen LogP contribution in [0, 0.1) is 0 Å². The van der Waals surface area contributed by atoms with Crippen LogP contribution in [-0.4, -0.2) is 36.9 Å². The standard InChI is InChI=1S/C21H21N7O/c1-3-22-12-14(2)15-6-8-23-18(10-15)21(29)26-19-11-16(7-9-24-19)20-27-25-13-28(20)17-4-5-17/h3,6-13,17H,4-5H2,1-2H3,(H,24,26,29)/b14-12+,22-3?. The van der Waals surface area contributed by atoms with Crippen molar-refractivity contribution in [3.63, 3.8) is 0 Å². The highest BCUT2D eigenvalue weighted by Crippen LogP contribution is 2.37. The quantitative estimate of drug-likeness (QED) is 0.649. The first-order chi connectivity index (χ1) is 14.2. The Kier molecular flexibility index (Phi) is 5.24. The number of nitrogens with one attached hydrogen (secondary N) is 1. The summed E-state index contributed by atoms with van der Waals surface area (Å²) in [5, 5.41) is 11.1. The molecule has 1 aliphatic carbocycles. The van der Waals surface area contributed by atoms with E-state index >= 15 is 0 Å². The highest BCUT2D eigenvalue weighted by atomic mass is 16.1. The van der Waals surface area contributed by atoms with Gasteiger partial charge in [-0.25, -0.2) is 4.98 Å². The second kappa shape index (κ2) is 8.14. The van der Waals surface area contributed by atoms with Crippen LogP contribution >= 0.6 is 0 Å². The van der Waals surface area contributed by atoms with E-state index in [1.807, 2.05) is 26.0 Å². The molecule has 3 aromatic heterocycles. The fraction of sp³-hybridized carbons (Fsp3) is 0.238. The van der Waals surface area contributed by atoms with Gasteiger partial charge in [-0.3, -0.25) is 14.8 Å². The highest BCUT2D eigenvalue weighted by molar-refractivity contribution is 6.03. The highest BCUT2D eigenvalue weighted by Gasteiger charge is 2.26. The number of nitrogens with zero attached hydrogens (tertiary/aromatic N) is 6. The van der Waals surface area contributed by atoms with Crippen LogP contribution < -0.4 is 5.32 Å². The molecule has 29 heavy (non-hydrogen) atoms. The average molecular weight is 387 g/mol. The van der Waals surface area contributed by atoms with Crippen molar-refractivity contribution < 1.29 is 4.79 Å². The molecule has 0 bridgehead atoms. The third-order valence-electron chi connectivity index (χ3n) is 4.64. The Morgan fingerprint density at radius 2 is 2.07 bits per heavy atom. The van der Waals surface area contributed by atoms with Crippen LogP contribution in [0.15, 0.2) is 54.2 Å². The van der Waals surface area contributed by atoms with Crippen molar-refractivity contribution in [2.24, 2.45) is 4.99 Å². The topological polar surface area (TPSA) is 98.0 Å². The molecular weight excluding hydrogens is 366 g/mol. The maximum absolute atomic E-state index is 12.7. The van der Waals surface area contributed by atoms with E-state index < -0.39 is 0 Å². The molecule has 3 aromatic rings. The summed E-state index contributed by atoms with van der Waals surface area (Å²) in [6.07, 6.45) is 10.7. The number of allylic oxidation sites excluding steroid dienone is 1. The Labute approximate surface area is 168 Å². The third kappa shape index (κ3) is 4.26. The molecule has 1 N–H and O–H groups in total. The van der Waals surface area contributed by atoms with Crippen molar-refractivity contribution in [2.45, 2.75) is 32.7 Å². The number of carbonyl (C=O) groups excluding carboxylic acids is 1. The van der Waals surface area contributed by atoms with Gasteiger partial charge in [-0.2, -0.15) is 0 Å².